The van der Waals surface area contributed by atoms with Crippen molar-refractivity contribution in [2.75, 3.05) is 28.5 Å². The molecule has 2 aromatic carbocycles. The number of carbonyl (C=O) groups excluding carboxylic acids is 1. The molecule has 3 rings (SSSR count). The molecule has 6 heteroatoms. The Labute approximate surface area is 131 Å². The molecular weight excluding hydrogens is 298 g/mol. The molecule has 0 fully saturated rings. The van der Waals surface area contributed by atoms with Crippen LogP contribution < -0.4 is 14.9 Å². The van der Waals surface area contributed by atoms with E-state index < -0.39 is 11.0 Å². The zero-order valence-corrected chi connectivity index (χ0v) is 13.0. The summed E-state index contributed by atoms with van der Waals surface area (Å²) in [5.41, 5.74) is 7.91. The highest BCUT2D eigenvalue weighted by Gasteiger charge is 2.27. The van der Waals surface area contributed by atoms with E-state index >= 15 is 0 Å². The molecule has 1 atom stereocenters. The Morgan fingerprint density at radius 3 is 2.55 bits per heavy atom. The highest BCUT2D eigenvalue weighted by Crippen LogP contribution is 2.34. The minimum Gasteiger partial charge on any atom is -0.399 e. The molecule has 0 bridgehead atoms. The second-order valence-electron chi connectivity index (χ2n) is 5.12. The number of para-hydroxylation sites is 2. The van der Waals surface area contributed by atoms with Gasteiger partial charge >= 0.3 is 0 Å². The molecule has 22 heavy (non-hydrogen) atoms. The van der Waals surface area contributed by atoms with Crippen molar-refractivity contribution in [3.63, 3.8) is 0 Å². The average molecular weight is 315 g/mol. The molecular formula is C16H17N3O2S. The minimum atomic E-state index is -1.41. The van der Waals surface area contributed by atoms with Crippen LogP contribution in [0, 0.1) is 0 Å². The van der Waals surface area contributed by atoms with Gasteiger partial charge in [-0.1, -0.05) is 18.2 Å². The van der Waals surface area contributed by atoms with Crippen LogP contribution in [0.4, 0.5) is 17.1 Å². The Bertz CT molecular complexity index is 748. The lowest BCUT2D eigenvalue weighted by Gasteiger charge is -2.24. The molecule has 1 heterocycles. The van der Waals surface area contributed by atoms with E-state index in [1.165, 1.54) is 0 Å². The number of rotatable bonds is 2. The van der Waals surface area contributed by atoms with Crippen molar-refractivity contribution in [3.8, 4) is 0 Å². The second kappa shape index (κ2) is 5.81. The van der Waals surface area contributed by atoms with E-state index in [9.17, 15) is 9.00 Å². The molecule has 1 aliphatic rings. The predicted molar refractivity (Wildman–Crippen MR) is 89.1 cm³/mol. The van der Waals surface area contributed by atoms with Gasteiger partial charge in [0.15, 0.2) is 11.0 Å². The molecule has 0 aliphatic carbocycles. The molecule has 2 N–H and O–H groups in total. The molecule has 5 nitrogen and oxygen atoms in total. The van der Waals surface area contributed by atoms with Crippen LogP contribution in [-0.4, -0.2) is 23.7 Å². The zero-order valence-electron chi connectivity index (χ0n) is 12.2. The molecule has 2 aromatic rings. The molecule has 114 valence electrons. The lowest BCUT2D eigenvalue weighted by Crippen LogP contribution is -2.27. The van der Waals surface area contributed by atoms with Gasteiger partial charge in [-0.05, 0) is 30.3 Å². The van der Waals surface area contributed by atoms with Gasteiger partial charge in [0.2, 0.25) is 5.91 Å². The number of benzene rings is 2. The maximum Gasteiger partial charge on any atom is 0.228 e. The van der Waals surface area contributed by atoms with Gasteiger partial charge in [-0.3, -0.25) is 9.10 Å². The van der Waals surface area contributed by atoms with Crippen LogP contribution in [0.25, 0.3) is 0 Å². The summed E-state index contributed by atoms with van der Waals surface area (Å²) in [7, 11) is 0.336. The number of hydrogen-bond donors (Lipinski definition) is 1. The van der Waals surface area contributed by atoms with Crippen LogP contribution in [0.1, 0.15) is 6.42 Å². The van der Waals surface area contributed by atoms with Crippen molar-refractivity contribution in [1.82, 2.24) is 0 Å². The number of fused-ring (bicyclic) bond motifs is 1. The fraction of sp³-hybridized carbons (Fsp3) is 0.188. The van der Waals surface area contributed by atoms with E-state index in [0.29, 0.717) is 23.5 Å². The molecule has 1 amide bonds. The van der Waals surface area contributed by atoms with E-state index in [1.54, 1.807) is 40.5 Å². The maximum absolute atomic E-state index is 12.9. The number of nitrogens with two attached hydrogens (primary N) is 1. The first kappa shape index (κ1) is 14.6. The molecule has 0 radical (unpaired) electrons. The standard InChI is InChI=1S/C16H17N3O2S/c1-18-14-7-2-3-8-15(14)19(10-9-16(18)20)22(21)13-6-4-5-12(17)11-13/h2-8,11H,9-10,17H2,1H3. The molecule has 1 aliphatic heterocycles. The predicted octanol–water partition coefficient (Wildman–Crippen LogP) is 2.16. The third-order valence-corrected chi connectivity index (χ3v) is 5.11. The van der Waals surface area contributed by atoms with Crippen LogP contribution in [-0.2, 0) is 15.8 Å². The van der Waals surface area contributed by atoms with Gasteiger partial charge in [-0.15, -0.1) is 0 Å². The van der Waals surface area contributed by atoms with E-state index in [0.717, 1.165) is 11.4 Å². The van der Waals surface area contributed by atoms with Gasteiger partial charge in [-0.2, -0.15) is 0 Å². The van der Waals surface area contributed by atoms with E-state index in [1.807, 2.05) is 24.3 Å². The van der Waals surface area contributed by atoms with Gasteiger partial charge in [0.05, 0.1) is 16.3 Å². The highest BCUT2D eigenvalue weighted by molar-refractivity contribution is 7.86. The largest absolute Gasteiger partial charge is 0.399 e. The first-order valence-corrected chi connectivity index (χ1v) is 8.09. The van der Waals surface area contributed by atoms with Crippen LogP contribution in [0.2, 0.25) is 0 Å². The Morgan fingerprint density at radius 1 is 1.09 bits per heavy atom. The number of amides is 1. The first-order chi connectivity index (χ1) is 10.6. The number of nitrogen functional groups attached to an aromatic ring is 1. The molecule has 0 aromatic heterocycles. The monoisotopic (exact) mass is 315 g/mol. The lowest BCUT2D eigenvalue weighted by molar-refractivity contribution is -0.118. The lowest BCUT2D eigenvalue weighted by atomic mass is 10.2. The Hall–Kier alpha value is -2.34. The SMILES string of the molecule is CN1C(=O)CCN(S(=O)c2cccc(N)c2)c2ccccc21. The number of hydrogen-bond acceptors (Lipinski definition) is 3. The minimum absolute atomic E-state index is 0.0134. The number of carbonyl (C=O) groups is 1. The fourth-order valence-corrected chi connectivity index (χ4v) is 3.78. The summed E-state index contributed by atoms with van der Waals surface area (Å²) in [4.78, 5) is 14.4. The first-order valence-electron chi connectivity index (χ1n) is 6.98. The smallest absolute Gasteiger partial charge is 0.228 e. The van der Waals surface area contributed by atoms with Crippen molar-refractivity contribution in [2.45, 2.75) is 11.3 Å². The van der Waals surface area contributed by atoms with Crippen LogP contribution >= 0.6 is 0 Å². The molecule has 0 spiro atoms. The Kier molecular flexibility index (Phi) is 3.85. The second-order valence-corrected chi connectivity index (χ2v) is 6.53. The fourth-order valence-electron chi connectivity index (χ4n) is 2.50. The summed E-state index contributed by atoms with van der Waals surface area (Å²) >= 11 is 0. The van der Waals surface area contributed by atoms with Crippen molar-refractivity contribution in [3.05, 3.63) is 48.5 Å². The Morgan fingerprint density at radius 2 is 1.82 bits per heavy atom. The highest BCUT2D eigenvalue weighted by atomic mass is 32.2. The molecule has 0 saturated heterocycles. The van der Waals surface area contributed by atoms with Crippen molar-refractivity contribution < 1.29 is 9.00 Å². The summed E-state index contributed by atoms with van der Waals surface area (Å²) in [6, 6.07) is 14.5. The zero-order chi connectivity index (χ0) is 15.7. The quantitative estimate of drug-likeness (QED) is 0.864. The topological polar surface area (TPSA) is 66.6 Å². The third-order valence-electron chi connectivity index (χ3n) is 3.67. The van der Waals surface area contributed by atoms with Gasteiger partial charge in [0.25, 0.3) is 0 Å². The van der Waals surface area contributed by atoms with Crippen molar-refractivity contribution in [1.29, 1.82) is 0 Å². The normalized spacial score (nSPS) is 16.1. The maximum atomic E-state index is 12.9. The van der Waals surface area contributed by atoms with Crippen LogP contribution in [0.5, 0.6) is 0 Å². The molecule has 0 saturated carbocycles. The van der Waals surface area contributed by atoms with E-state index in [-0.39, 0.29) is 5.91 Å². The van der Waals surface area contributed by atoms with Gasteiger partial charge in [-0.25, -0.2) is 4.21 Å². The summed E-state index contributed by atoms with van der Waals surface area (Å²) in [6.45, 7) is 0.404. The van der Waals surface area contributed by atoms with Gasteiger partial charge in [0.1, 0.15) is 0 Å². The molecule has 1 unspecified atom stereocenters. The summed E-state index contributed by atoms with van der Waals surface area (Å²) in [5, 5.41) is 0. The Balaban J connectivity index is 2.05. The summed E-state index contributed by atoms with van der Waals surface area (Å²) in [6.07, 6.45) is 0.319. The summed E-state index contributed by atoms with van der Waals surface area (Å²) < 4.78 is 14.7. The number of nitrogens with zero attached hydrogens (tertiary/aromatic N) is 2. The van der Waals surface area contributed by atoms with Gasteiger partial charge < -0.3 is 10.6 Å². The third kappa shape index (κ3) is 2.57. The van der Waals surface area contributed by atoms with Crippen LogP contribution in [0.15, 0.2) is 53.4 Å². The summed E-state index contributed by atoms with van der Waals surface area (Å²) in [5.74, 6) is 0.0134. The number of anilines is 3. The van der Waals surface area contributed by atoms with E-state index in [2.05, 4.69) is 0 Å². The van der Waals surface area contributed by atoms with Crippen molar-refractivity contribution >= 4 is 34.0 Å². The average Bonchev–Trinajstić information content (AvgIpc) is 2.65. The van der Waals surface area contributed by atoms with Gasteiger partial charge in [0, 0.05) is 25.7 Å². The van der Waals surface area contributed by atoms with Crippen LogP contribution in [0.3, 0.4) is 0 Å². The van der Waals surface area contributed by atoms with Crippen molar-refractivity contribution in [2.24, 2.45) is 0 Å². The van der Waals surface area contributed by atoms with E-state index in [4.69, 9.17) is 5.73 Å².